The van der Waals surface area contributed by atoms with Crippen LogP contribution >= 0.6 is 0 Å². The molecule has 25 heavy (non-hydrogen) atoms. The molecule has 1 amide bonds. The van der Waals surface area contributed by atoms with Crippen molar-refractivity contribution in [2.45, 2.75) is 6.54 Å². The molecule has 1 aromatic heterocycles. The molecule has 1 aromatic carbocycles. The normalized spacial score (nSPS) is 11.1. The van der Waals surface area contributed by atoms with Crippen LogP contribution in [0.2, 0.25) is 0 Å². The van der Waals surface area contributed by atoms with Crippen molar-refractivity contribution < 1.29 is 9.53 Å². The second-order valence-electron chi connectivity index (χ2n) is 5.14. The molecule has 0 radical (unpaired) electrons. The van der Waals surface area contributed by atoms with Gasteiger partial charge in [0.25, 0.3) is 5.91 Å². The fourth-order valence-electron chi connectivity index (χ4n) is 2.09. The van der Waals surface area contributed by atoms with Gasteiger partial charge in [0.05, 0.1) is 13.7 Å². The van der Waals surface area contributed by atoms with E-state index in [1.54, 1.807) is 43.1 Å². The van der Waals surface area contributed by atoms with Crippen LogP contribution in [0.15, 0.2) is 35.6 Å². The number of nitrogens with one attached hydrogen (secondary N) is 3. The number of carbonyl (C=O) groups is 1. The zero-order chi connectivity index (χ0) is 18.1. The van der Waals surface area contributed by atoms with Gasteiger partial charge in [0.1, 0.15) is 17.9 Å². The molecule has 0 spiro atoms. The van der Waals surface area contributed by atoms with Gasteiger partial charge in [-0.25, -0.2) is 4.98 Å². The average molecular weight is 345 g/mol. The van der Waals surface area contributed by atoms with Gasteiger partial charge in [-0.05, 0) is 18.2 Å². The zero-order valence-electron chi connectivity index (χ0n) is 14.6. The van der Waals surface area contributed by atoms with Crippen molar-refractivity contribution >= 4 is 11.9 Å². The number of ether oxygens (including phenoxy) is 1. The summed E-state index contributed by atoms with van der Waals surface area (Å²) in [7, 11) is 5.08. The van der Waals surface area contributed by atoms with E-state index < -0.39 is 0 Å². The molecule has 2 rings (SSSR count). The number of methoxy groups -OCH3 is 1. The molecule has 0 aliphatic heterocycles. The summed E-state index contributed by atoms with van der Waals surface area (Å²) in [6.45, 7) is 1.50. The van der Waals surface area contributed by atoms with Crippen molar-refractivity contribution in [2.75, 3.05) is 27.2 Å². The van der Waals surface area contributed by atoms with E-state index in [0.717, 1.165) is 5.82 Å². The number of carbonyl (C=O) groups excluding carboxylic acids is 1. The maximum atomic E-state index is 12.1. The highest BCUT2D eigenvalue weighted by Crippen LogP contribution is 2.12. The van der Waals surface area contributed by atoms with Gasteiger partial charge < -0.3 is 20.7 Å². The van der Waals surface area contributed by atoms with E-state index in [4.69, 9.17) is 4.74 Å². The van der Waals surface area contributed by atoms with E-state index in [9.17, 15) is 4.79 Å². The first-order chi connectivity index (χ1) is 12.1. The highest BCUT2D eigenvalue weighted by atomic mass is 16.5. The fraction of sp³-hybridized carbons (Fsp3) is 0.375. The third-order valence-electron chi connectivity index (χ3n) is 3.48. The number of benzene rings is 1. The van der Waals surface area contributed by atoms with Crippen LogP contribution in [0.1, 0.15) is 16.2 Å². The van der Waals surface area contributed by atoms with Gasteiger partial charge in [-0.2, -0.15) is 5.10 Å². The Morgan fingerprint density at radius 1 is 1.28 bits per heavy atom. The summed E-state index contributed by atoms with van der Waals surface area (Å²) in [6, 6.07) is 7.02. The van der Waals surface area contributed by atoms with Crippen LogP contribution in [0.3, 0.4) is 0 Å². The van der Waals surface area contributed by atoms with Crippen molar-refractivity contribution in [3.63, 3.8) is 0 Å². The van der Waals surface area contributed by atoms with Crippen molar-refractivity contribution in [3.8, 4) is 5.75 Å². The number of aliphatic imine (C=N–C) groups is 1. The average Bonchev–Trinajstić information content (AvgIpc) is 3.06. The lowest BCUT2D eigenvalue weighted by Gasteiger charge is -2.12. The minimum atomic E-state index is -0.150. The van der Waals surface area contributed by atoms with E-state index in [1.807, 2.05) is 7.05 Å². The standard InChI is InChI=1S/C16H23N7O2/c1-17-16(20-10-14-21-11-22-23(14)2)19-8-7-18-15(24)12-5-4-6-13(9-12)25-3/h4-6,9,11H,7-8,10H2,1-3H3,(H,18,24)(H2,17,19,20). The maximum absolute atomic E-state index is 12.1. The maximum Gasteiger partial charge on any atom is 0.251 e. The third-order valence-corrected chi connectivity index (χ3v) is 3.48. The monoisotopic (exact) mass is 345 g/mol. The Balaban J connectivity index is 1.71. The Kier molecular flexibility index (Phi) is 6.76. The highest BCUT2D eigenvalue weighted by molar-refractivity contribution is 5.94. The summed E-state index contributed by atoms with van der Waals surface area (Å²) in [4.78, 5) is 20.3. The summed E-state index contributed by atoms with van der Waals surface area (Å²) in [5.74, 6) is 1.93. The van der Waals surface area contributed by atoms with Crippen LogP contribution in [0.5, 0.6) is 5.75 Å². The summed E-state index contributed by atoms with van der Waals surface area (Å²) < 4.78 is 6.80. The molecule has 0 unspecified atom stereocenters. The van der Waals surface area contributed by atoms with Gasteiger partial charge in [0.15, 0.2) is 5.96 Å². The van der Waals surface area contributed by atoms with Crippen molar-refractivity contribution in [2.24, 2.45) is 12.0 Å². The SMILES string of the molecule is CN=C(NCCNC(=O)c1cccc(OC)c1)NCc1ncnn1C. The van der Waals surface area contributed by atoms with E-state index in [-0.39, 0.29) is 5.91 Å². The highest BCUT2D eigenvalue weighted by Gasteiger charge is 2.06. The molecule has 0 bridgehead atoms. The van der Waals surface area contributed by atoms with Crippen molar-refractivity contribution in [1.82, 2.24) is 30.7 Å². The lowest BCUT2D eigenvalue weighted by molar-refractivity contribution is 0.0954. The molecule has 0 aliphatic rings. The fourth-order valence-corrected chi connectivity index (χ4v) is 2.09. The van der Waals surface area contributed by atoms with Gasteiger partial charge in [-0.3, -0.25) is 14.5 Å². The minimum absolute atomic E-state index is 0.150. The van der Waals surface area contributed by atoms with Crippen LogP contribution in [0.4, 0.5) is 0 Å². The number of hydrogen-bond donors (Lipinski definition) is 3. The van der Waals surface area contributed by atoms with E-state index in [1.165, 1.54) is 6.33 Å². The quantitative estimate of drug-likeness (QED) is 0.368. The number of aryl methyl sites for hydroxylation is 1. The van der Waals surface area contributed by atoms with E-state index in [0.29, 0.717) is 36.9 Å². The largest absolute Gasteiger partial charge is 0.497 e. The molecule has 0 fully saturated rings. The Bertz CT molecular complexity index is 727. The molecule has 134 valence electrons. The first kappa shape index (κ1) is 18.2. The molecule has 2 aromatic rings. The molecule has 0 saturated carbocycles. The topological polar surface area (TPSA) is 105 Å². The molecule has 1 heterocycles. The summed E-state index contributed by atoms with van der Waals surface area (Å²) in [5.41, 5.74) is 0.559. The minimum Gasteiger partial charge on any atom is -0.497 e. The molecule has 0 saturated heterocycles. The first-order valence-electron chi connectivity index (χ1n) is 7.83. The summed E-state index contributed by atoms with van der Waals surface area (Å²) >= 11 is 0. The second-order valence-corrected chi connectivity index (χ2v) is 5.14. The summed E-state index contributed by atoms with van der Waals surface area (Å²) in [5, 5.41) is 13.1. The Hall–Kier alpha value is -3.10. The zero-order valence-corrected chi connectivity index (χ0v) is 14.6. The predicted molar refractivity (Wildman–Crippen MR) is 94.5 cm³/mol. The molecular formula is C16H23N7O2. The Morgan fingerprint density at radius 2 is 2.08 bits per heavy atom. The lowest BCUT2D eigenvalue weighted by Crippen LogP contribution is -2.41. The van der Waals surface area contributed by atoms with Crippen molar-refractivity contribution in [1.29, 1.82) is 0 Å². The van der Waals surface area contributed by atoms with Crippen LogP contribution in [-0.4, -0.2) is 53.9 Å². The molecule has 9 heteroatoms. The third kappa shape index (κ3) is 5.48. The molecular weight excluding hydrogens is 322 g/mol. The number of rotatable bonds is 7. The number of nitrogens with zero attached hydrogens (tertiary/aromatic N) is 4. The van der Waals surface area contributed by atoms with Crippen LogP contribution in [0.25, 0.3) is 0 Å². The van der Waals surface area contributed by atoms with Crippen LogP contribution in [-0.2, 0) is 13.6 Å². The molecule has 9 nitrogen and oxygen atoms in total. The van der Waals surface area contributed by atoms with Crippen molar-refractivity contribution in [3.05, 3.63) is 42.0 Å². The Labute approximate surface area is 146 Å². The molecule has 0 atom stereocenters. The van der Waals surface area contributed by atoms with E-state index in [2.05, 4.69) is 31.0 Å². The summed E-state index contributed by atoms with van der Waals surface area (Å²) in [6.07, 6.45) is 1.50. The smallest absolute Gasteiger partial charge is 0.251 e. The van der Waals surface area contributed by atoms with Crippen LogP contribution < -0.4 is 20.7 Å². The number of guanidine groups is 1. The van der Waals surface area contributed by atoms with Gasteiger partial charge >= 0.3 is 0 Å². The predicted octanol–water partition coefficient (Wildman–Crippen LogP) is -0.0813. The Morgan fingerprint density at radius 3 is 2.76 bits per heavy atom. The lowest BCUT2D eigenvalue weighted by atomic mass is 10.2. The van der Waals surface area contributed by atoms with Gasteiger partial charge in [0.2, 0.25) is 0 Å². The number of amides is 1. The van der Waals surface area contributed by atoms with E-state index >= 15 is 0 Å². The first-order valence-corrected chi connectivity index (χ1v) is 7.83. The van der Waals surface area contributed by atoms with Gasteiger partial charge in [-0.15, -0.1) is 0 Å². The second kappa shape index (κ2) is 9.26. The van der Waals surface area contributed by atoms with Crippen LogP contribution in [0, 0.1) is 0 Å². The van der Waals surface area contributed by atoms with Gasteiger partial charge in [0, 0.05) is 32.7 Å². The van der Waals surface area contributed by atoms with Gasteiger partial charge in [-0.1, -0.05) is 6.07 Å². The molecule has 0 aliphatic carbocycles. The molecule has 3 N–H and O–H groups in total. The number of aromatic nitrogens is 3. The number of hydrogen-bond acceptors (Lipinski definition) is 5.